The molecule has 0 amide bonds. The fourth-order valence-corrected chi connectivity index (χ4v) is 4.18. The van der Waals surface area contributed by atoms with Crippen LogP contribution in [-0.2, 0) is 0 Å². The van der Waals surface area contributed by atoms with E-state index < -0.39 is 0 Å². The molecule has 1 aromatic rings. The van der Waals surface area contributed by atoms with Crippen LogP contribution in [0.15, 0.2) is 28.7 Å². The molecule has 0 aromatic heterocycles. The lowest BCUT2D eigenvalue weighted by molar-refractivity contribution is 0.0405. The maximum atomic E-state index is 10.4. The fourth-order valence-electron chi connectivity index (χ4n) is 3.63. The van der Waals surface area contributed by atoms with Crippen molar-refractivity contribution in [3.8, 4) is 0 Å². The summed E-state index contributed by atoms with van der Waals surface area (Å²) in [6, 6.07) is 8.74. The molecule has 21 heavy (non-hydrogen) atoms. The third-order valence-corrected chi connectivity index (χ3v) is 5.63. The number of aliphatic hydroxyl groups is 1. The van der Waals surface area contributed by atoms with Crippen molar-refractivity contribution in [2.75, 3.05) is 32.7 Å². The van der Waals surface area contributed by atoms with Crippen LogP contribution in [0.2, 0.25) is 0 Å². The van der Waals surface area contributed by atoms with Gasteiger partial charge in [0.2, 0.25) is 0 Å². The molecule has 0 spiro atoms. The molecule has 1 aromatic carbocycles. The summed E-state index contributed by atoms with van der Waals surface area (Å²) in [5.74, 6) is 0. The molecule has 3 nitrogen and oxygen atoms in total. The first-order valence-corrected chi connectivity index (χ1v) is 8.92. The Labute approximate surface area is 136 Å². The Kier molecular flexibility index (Phi) is 5.33. The van der Waals surface area contributed by atoms with Crippen molar-refractivity contribution in [1.29, 1.82) is 0 Å². The molecule has 2 saturated heterocycles. The standard InChI is InChI=1S/C17H25BrN2O/c18-16-7-2-1-6-15(16)17(21)8-10-19-11-12-20-9-4-3-5-14(20)13-19/h1-2,6-7,14,17,21H,3-5,8-13H2. The highest BCUT2D eigenvalue weighted by Crippen LogP contribution is 2.26. The SMILES string of the molecule is OC(CCN1CCN2CCCCC2C1)c1ccccc1Br. The van der Waals surface area contributed by atoms with Crippen LogP contribution in [0.3, 0.4) is 0 Å². The van der Waals surface area contributed by atoms with Crippen molar-refractivity contribution in [2.24, 2.45) is 0 Å². The first-order chi connectivity index (χ1) is 10.2. The van der Waals surface area contributed by atoms with Crippen molar-refractivity contribution in [3.63, 3.8) is 0 Å². The minimum Gasteiger partial charge on any atom is -0.388 e. The summed E-state index contributed by atoms with van der Waals surface area (Å²) in [7, 11) is 0. The van der Waals surface area contributed by atoms with Gasteiger partial charge in [0, 0.05) is 36.7 Å². The smallest absolute Gasteiger partial charge is 0.0813 e. The van der Waals surface area contributed by atoms with Gasteiger partial charge < -0.3 is 10.0 Å². The van der Waals surface area contributed by atoms with Gasteiger partial charge >= 0.3 is 0 Å². The molecular formula is C17H25BrN2O. The van der Waals surface area contributed by atoms with E-state index in [1.54, 1.807) is 0 Å². The van der Waals surface area contributed by atoms with Crippen LogP contribution in [-0.4, -0.2) is 53.7 Å². The number of piperazine rings is 1. The largest absolute Gasteiger partial charge is 0.388 e. The molecule has 4 heteroatoms. The van der Waals surface area contributed by atoms with E-state index in [9.17, 15) is 5.11 Å². The average molecular weight is 353 g/mol. The molecule has 0 aliphatic carbocycles. The molecule has 2 fully saturated rings. The molecule has 2 unspecified atom stereocenters. The molecule has 0 radical (unpaired) electrons. The Bertz CT molecular complexity index is 468. The first kappa shape index (κ1) is 15.5. The van der Waals surface area contributed by atoms with E-state index >= 15 is 0 Å². The van der Waals surface area contributed by atoms with Gasteiger partial charge in [-0.25, -0.2) is 0 Å². The van der Waals surface area contributed by atoms with Gasteiger partial charge in [-0.1, -0.05) is 40.5 Å². The third-order valence-electron chi connectivity index (χ3n) is 4.90. The lowest BCUT2D eigenvalue weighted by Crippen LogP contribution is -2.54. The van der Waals surface area contributed by atoms with Crippen LogP contribution in [0.4, 0.5) is 0 Å². The minimum absolute atomic E-state index is 0.370. The minimum atomic E-state index is -0.370. The second-order valence-electron chi connectivity index (χ2n) is 6.31. The van der Waals surface area contributed by atoms with Crippen molar-refractivity contribution >= 4 is 15.9 Å². The highest BCUT2D eigenvalue weighted by atomic mass is 79.9. The van der Waals surface area contributed by atoms with Gasteiger partial charge in [-0.05, 0) is 37.4 Å². The van der Waals surface area contributed by atoms with Gasteiger partial charge in [0.15, 0.2) is 0 Å². The molecule has 2 atom stereocenters. The zero-order chi connectivity index (χ0) is 14.7. The van der Waals surface area contributed by atoms with E-state index in [-0.39, 0.29) is 6.10 Å². The Morgan fingerprint density at radius 1 is 1.19 bits per heavy atom. The molecule has 2 heterocycles. The summed E-state index contributed by atoms with van der Waals surface area (Å²) in [6.45, 7) is 5.82. The van der Waals surface area contributed by atoms with Gasteiger partial charge in [0.25, 0.3) is 0 Å². The van der Waals surface area contributed by atoms with Crippen LogP contribution in [0, 0.1) is 0 Å². The lowest BCUT2D eigenvalue weighted by atomic mass is 9.99. The Balaban J connectivity index is 1.50. The topological polar surface area (TPSA) is 26.7 Å². The van der Waals surface area contributed by atoms with Gasteiger partial charge in [0.05, 0.1) is 6.10 Å². The van der Waals surface area contributed by atoms with Crippen LogP contribution in [0.25, 0.3) is 0 Å². The van der Waals surface area contributed by atoms with Crippen molar-refractivity contribution in [2.45, 2.75) is 37.8 Å². The summed E-state index contributed by atoms with van der Waals surface area (Å²) >= 11 is 3.53. The monoisotopic (exact) mass is 352 g/mol. The maximum Gasteiger partial charge on any atom is 0.0813 e. The first-order valence-electron chi connectivity index (χ1n) is 8.13. The molecule has 116 valence electrons. The van der Waals surface area contributed by atoms with Crippen LogP contribution in [0.5, 0.6) is 0 Å². The van der Waals surface area contributed by atoms with E-state index in [0.29, 0.717) is 0 Å². The molecule has 2 aliphatic heterocycles. The van der Waals surface area contributed by atoms with Crippen molar-refractivity contribution < 1.29 is 5.11 Å². The molecule has 0 saturated carbocycles. The Hall–Kier alpha value is -0.420. The van der Waals surface area contributed by atoms with E-state index in [1.807, 2.05) is 24.3 Å². The summed E-state index contributed by atoms with van der Waals surface area (Å²) < 4.78 is 1.01. The van der Waals surface area contributed by atoms with E-state index in [2.05, 4.69) is 25.7 Å². The summed E-state index contributed by atoms with van der Waals surface area (Å²) in [5, 5.41) is 10.4. The van der Waals surface area contributed by atoms with Crippen molar-refractivity contribution in [1.82, 2.24) is 9.80 Å². The zero-order valence-electron chi connectivity index (χ0n) is 12.5. The second-order valence-corrected chi connectivity index (χ2v) is 7.17. The van der Waals surface area contributed by atoms with E-state index in [1.165, 1.54) is 38.9 Å². The predicted octanol–water partition coefficient (Wildman–Crippen LogP) is 3.04. The summed E-state index contributed by atoms with van der Waals surface area (Å²) in [5.41, 5.74) is 1.01. The number of halogens is 1. The number of benzene rings is 1. The van der Waals surface area contributed by atoms with Crippen LogP contribution < -0.4 is 0 Å². The molecule has 0 bridgehead atoms. The van der Waals surface area contributed by atoms with Gasteiger partial charge in [-0.3, -0.25) is 4.90 Å². The predicted molar refractivity (Wildman–Crippen MR) is 89.4 cm³/mol. The zero-order valence-corrected chi connectivity index (χ0v) is 14.1. The second kappa shape index (κ2) is 7.23. The van der Waals surface area contributed by atoms with Gasteiger partial charge in [-0.2, -0.15) is 0 Å². The van der Waals surface area contributed by atoms with Gasteiger partial charge in [-0.15, -0.1) is 0 Å². The number of aliphatic hydroxyl groups excluding tert-OH is 1. The molecule has 3 rings (SSSR count). The quantitative estimate of drug-likeness (QED) is 0.901. The van der Waals surface area contributed by atoms with Crippen LogP contribution >= 0.6 is 15.9 Å². The van der Waals surface area contributed by atoms with Crippen molar-refractivity contribution in [3.05, 3.63) is 34.3 Å². The maximum absolute atomic E-state index is 10.4. The van der Waals surface area contributed by atoms with E-state index in [4.69, 9.17) is 0 Å². The number of nitrogens with zero attached hydrogens (tertiary/aromatic N) is 2. The molecular weight excluding hydrogens is 328 g/mol. The summed E-state index contributed by atoms with van der Waals surface area (Å²) in [6.07, 6.45) is 4.55. The van der Waals surface area contributed by atoms with Crippen LogP contribution in [0.1, 0.15) is 37.4 Å². The Morgan fingerprint density at radius 2 is 2.05 bits per heavy atom. The number of hydrogen-bond acceptors (Lipinski definition) is 3. The number of piperidine rings is 1. The Morgan fingerprint density at radius 3 is 2.90 bits per heavy atom. The molecule has 2 aliphatic rings. The summed E-state index contributed by atoms with van der Waals surface area (Å²) in [4.78, 5) is 5.19. The molecule has 1 N–H and O–H groups in total. The number of fused-ring (bicyclic) bond motifs is 1. The number of hydrogen-bond donors (Lipinski definition) is 1. The van der Waals surface area contributed by atoms with E-state index in [0.717, 1.165) is 35.6 Å². The fraction of sp³-hybridized carbons (Fsp3) is 0.647. The average Bonchev–Trinajstić information content (AvgIpc) is 2.53. The van der Waals surface area contributed by atoms with Gasteiger partial charge in [0.1, 0.15) is 0 Å². The lowest BCUT2D eigenvalue weighted by Gasteiger charge is -2.44. The number of rotatable bonds is 4. The third kappa shape index (κ3) is 3.86. The highest BCUT2D eigenvalue weighted by molar-refractivity contribution is 9.10. The normalized spacial score (nSPS) is 25.5. The highest BCUT2D eigenvalue weighted by Gasteiger charge is 2.28.